The first-order chi connectivity index (χ1) is 15.5. The number of carboxylic acid groups (broad SMARTS) is 1. The zero-order valence-corrected chi connectivity index (χ0v) is 21.6. The third-order valence-electron chi connectivity index (χ3n) is 10.9. The van der Waals surface area contributed by atoms with Gasteiger partial charge < -0.3 is 10.2 Å². The zero-order valence-electron chi connectivity index (χ0n) is 21.6. The maximum absolute atomic E-state index is 14.0. The Hall–Kier alpha value is -1.16. The highest BCUT2D eigenvalue weighted by atomic mass is 16.4. The van der Waals surface area contributed by atoms with E-state index < -0.39 is 11.4 Å². The van der Waals surface area contributed by atoms with Crippen LogP contribution in [0.2, 0.25) is 0 Å². The standard InChI is InChI=1S/C29H46O4/c1-18(2)7-6-8-19(3)24-16-25(31)29(17-26(32)33)23-10-9-20-15-21(30)11-13-27(20,4)22(23)12-14-28(24,29)5/h18-21,24,30H,6-17H2,1-5H3,(H,32,33)/t19-,20+,21+,24-,27+,28-,29-/m1/s1. The number of carbonyl (C=O) groups is 2. The quantitative estimate of drug-likeness (QED) is 0.424. The lowest BCUT2D eigenvalue weighted by Gasteiger charge is -2.58. The third kappa shape index (κ3) is 3.83. The third-order valence-corrected chi connectivity index (χ3v) is 10.9. The van der Waals surface area contributed by atoms with Crippen LogP contribution in [0.25, 0.3) is 0 Å². The molecule has 0 aromatic carbocycles. The number of Topliss-reactive ketones (excluding diaryl/α,β-unsaturated/α-hetero) is 1. The van der Waals surface area contributed by atoms with Crippen LogP contribution in [-0.2, 0) is 9.59 Å². The highest BCUT2D eigenvalue weighted by Crippen LogP contribution is 2.71. The molecule has 0 heterocycles. The Kier molecular flexibility index (Phi) is 6.66. The minimum Gasteiger partial charge on any atom is -0.481 e. The van der Waals surface area contributed by atoms with Crippen LogP contribution in [0, 0.1) is 39.9 Å². The van der Waals surface area contributed by atoms with E-state index in [1.54, 1.807) is 0 Å². The Morgan fingerprint density at radius 2 is 1.79 bits per heavy atom. The molecule has 0 aromatic heterocycles. The number of aliphatic carboxylic acids is 1. The summed E-state index contributed by atoms with van der Waals surface area (Å²) in [5.41, 5.74) is 1.55. The molecule has 0 amide bonds. The smallest absolute Gasteiger partial charge is 0.304 e. The van der Waals surface area contributed by atoms with Crippen molar-refractivity contribution >= 4 is 11.8 Å². The van der Waals surface area contributed by atoms with E-state index >= 15 is 0 Å². The number of fused-ring (bicyclic) bond motifs is 4. The molecule has 0 aromatic rings. The van der Waals surface area contributed by atoms with Crippen molar-refractivity contribution in [2.75, 3.05) is 0 Å². The van der Waals surface area contributed by atoms with Gasteiger partial charge in [-0.25, -0.2) is 0 Å². The summed E-state index contributed by atoms with van der Waals surface area (Å²) in [6.45, 7) is 11.5. The van der Waals surface area contributed by atoms with E-state index in [-0.39, 0.29) is 35.1 Å². The fourth-order valence-electron chi connectivity index (χ4n) is 8.98. The SMILES string of the molecule is CC(C)CCC[C@@H](C)[C@H]1CC(=O)[C@@]2(CC(=O)O)C3=C(CC[C@]12C)[C@@]1(C)CC[C@H](O)C[C@@H]1CC3. The maximum Gasteiger partial charge on any atom is 0.304 e. The molecule has 2 saturated carbocycles. The predicted molar refractivity (Wildman–Crippen MR) is 131 cm³/mol. The molecule has 4 heteroatoms. The Morgan fingerprint density at radius 3 is 2.45 bits per heavy atom. The first kappa shape index (κ1) is 24.9. The molecular weight excluding hydrogens is 412 g/mol. The van der Waals surface area contributed by atoms with Crippen LogP contribution in [0.3, 0.4) is 0 Å². The van der Waals surface area contributed by atoms with Gasteiger partial charge >= 0.3 is 5.97 Å². The second-order valence-corrected chi connectivity index (χ2v) is 13.0. The molecule has 2 N–H and O–H groups in total. The summed E-state index contributed by atoms with van der Waals surface area (Å²) in [6, 6.07) is 0. The zero-order chi connectivity index (χ0) is 24.2. The summed E-state index contributed by atoms with van der Waals surface area (Å²) in [5, 5.41) is 20.4. The fraction of sp³-hybridized carbons (Fsp3) is 0.862. The first-order valence-electron chi connectivity index (χ1n) is 13.6. The van der Waals surface area contributed by atoms with Crippen LogP contribution in [0.5, 0.6) is 0 Å². The molecule has 4 nitrogen and oxygen atoms in total. The Balaban J connectivity index is 1.75. The van der Waals surface area contributed by atoms with E-state index in [1.807, 2.05) is 0 Å². The van der Waals surface area contributed by atoms with E-state index in [2.05, 4.69) is 34.6 Å². The highest BCUT2D eigenvalue weighted by Gasteiger charge is 2.68. The highest BCUT2D eigenvalue weighted by molar-refractivity contribution is 5.95. The summed E-state index contributed by atoms with van der Waals surface area (Å²) < 4.78 is 0. The van der Waals surface area contributed by atoms with E-state index in [4.69, 9.17) is 0 Å². The average Bonchev–Trinajstić information content (AvgIpc) is 2.95. The number of ketones is 1. The van der Waals surface area contributed by atoms with Crippen LogP contribution < -0.4 is 0 Å². The molecule has 33 heavy (non-hydrogen) atoms. The average molecular weight is 459 g/mol. The van der Waals surface area contributed by atoms with Gasteiger partial charge in [0.15, 0.2) is 0 Å². The van der Waals surface area contributed by atoms with Gasteiger partial charge in [-0.1, -0.05) is 65.0 Å². The number of aliphatic hydroxyl groups is 1. The molecule has 186 valence electrons. The van der Waals surface area contributed by atoms with Gasteiger partial charge in [-0.15, -0.1) is 0 Å². The van der Waals surface area contributed by atoms with Crippen LogP contribution in [0.1, 0.15) is 112 Å². The number of rotatable bonds is 7. The second kappa shape index (κ2) is 8.81. The molecule has 7 atom stereocenters. The molecule has 0 unspecified atom stereocenters. The van der Waals surface area contributed by atoms with Crippen LogP contribution in [-0.4, -0.2) is 28.1 Å². The summed E-state index contributed by atoms with van der Waals surface area (Å²) in [4.78, 5) is 26.3. The van der Waals surface area contributed by atoms with Gasteiger partial charge in [0.2, 0.25) is 0 Å². The number of aliphatic hydroxyl groups excluding tert-OH is 1. The van der Waals surface area contributed by atoms with Crippen molar-refractivity contribution in [2.24, 2.45) is 39.9 Å². The van der Waals surface area contributed by atoms with E-state index in [1.165, 1.54) is 24.0 Å². The number of hydrogen-bond acceptors (Lipinski definition) is 3. The number of hydrogen-bond donors (Lipinski definition) is 2. The minimum atomic E-state index is -0.831. The van der Waals surface area contributed by atoms with Gasteiger partial charge in [0.25, 0.3) is 0 Å². The lowest BCUT2D eigenvalue weighted by Crippen LogP contribution is -2.53. The van der Waals surface area contributed by atoms with Crippen molar-refractivity contribution in [2.45, 2.75) is 118 Å². The summed E-state index contributed by atoms with van der Waals surface area (Å²) in [7, 11) is 0. The van der Waals surface area contributed by atoms with Gasteiger partial charge in [-0.05, 0) is 79.4 Å². The Labute approximate surface area is 200 Å². The van der Waals surface area contributed by atoms with Crippen LogP contribution in [0.15, 0.2) is 11.1 Å². The van der Waals surface area contributed by atoms with E-state index in [0.29, 0.717) is 24.2 Å². The van der Waals surface area contributed by atoms with Crippen molar-refractivity contribution in [3.8, 4) is 0 Å². The van der Waals surface area contributed by atoms with Crippen molar-refractivity contribution in [1.82, 2.24) is 0 Å². The van der Waals surface area contributed by atoms with E-state index in [9.17, 15) is 19.8 Å². The van der Waals surface area contributed by atoms with Gasteiger partial charge in [-0.3, -0.25) is 9.59 Å². The summed E-state index contributed by atoms with van der Waals surface area (Å²) in [5.74, 6) is 1.22. The monoisotopic (exact) mass is 458 g/mol. The Morgan fingerprint density at radius 1 is 1.06 bits per heavy atom. The number of carbonyl (C=O) groups excluding carboxylic acids is 1. The number of allylic oxidation sites excluding steroid dienone is 2. The van der Waals surface area contributed by atoms with Gasteiger partial charge in [0.1, 0.15) is 5.78 Å². The van der Waals surface area contributed by atoms with Crippen molar-refractivity contribution in [3.05, 3.63) is 11.1 Å². The summed E-state index contributed by atoms with van der Waals surface area (Å²) >= 11 is 0. The fourth-order valence-corrected chi connectivity index (χ4v) is 8.98. The molecule has 4 aliphatic carbocycles. The lowest BCUT2D eigenvalue weighted by molar-refractivity contribution is -0.147. The molecule has 4 rings (SSSR count). The van der Waals surface area contributed by atoms with Gasteiger partial charge in [0, 0.05) is 6.42 Å². The maximum atomic E-state index is 14.0. The predicted octanol–water partition coefficient (Wildman–Crippen LogP) is 6.56. The largest absolute Gasteiger partial charge is 0.481 e. The van der Waals surface area contributed by atoms with Crippen LogP contribution in [0.4, 0.5) is 0 Å². The molecular formula is C29H46O4. The van der Waals surface area contributed by atoms with Crippen LogP contribution >= 0.6 is 0 Å². The molecule has 0 radical (unpaired) electrons. The second-order valence-electron chi connectivity index (χ2n) is 13.0. The minimum absolute atomic E-state index is 0.0148. The van der Waals surface area contributed by atoms with Crippen molar-refractivity contribution < 1.29 is 19.8 Å². The molecule has 2 fully saturated rings. The molecule has 0 saturated heterocycles. The Bertz CT molecular complexity index is 827. The van der Waals surface area contributed by atoms with Crippen molar-refractivity contribution in [1.29, 1.82) is 0 Å². The normalized spacial score (nSPS) is 41.5. The first-order valence-corrected chi connectivity index (χ1v) is 13.6. The van der Waals surface area contributed by atoms with Gasteiger partial charge in [0.05, 0.1) is 17.9 Å². The molecule has 4 aliphatic rings. The molecule has 0 aliphatic heterocycles. The molecule has 0 bridgehead atoms. The van der Waals surface area contributed by atoms with Gasteiger partial charge in [-0.2, -0.15) is 0 Å². The van der Waals surface area contributed by atoms with Crippen molar-refractivity contribution in [3.63, 3.8) is 0 Å². The summed E-state index contributed by atoms with van der Waals surface area (Å²) in [6.07, 6.45) is 10.2. The topological polar surface area (TPSA) is 74.6 Å². The number of carboxylic acids is 1. The molecule has 0 spiro atoms. The lowest BCUT2D eigenvalue weighted by atomic mass is 9.45. The van der Waals surface area contributed by atoms with E-state index in [0.717, 1.165) is 51.4 Å².